The summed E-state index contributed by atoms with van der Waals surface area (Å²) in [5.74, 6) is 0. The van der Waals surface area contributed by atoms with Crippen molar-refractivity contribution in [2.24, 2.45) is 0 Å². The quantitative estimate of drug-likeness (QED) is 0.727. The smallest absolute Gasteiger partial charge is 0.0445 e. The minimum atomic E-state index is 0.331. The number of aliphatic hydroxyl groups excluding tert-OH is 1. The van der Waals surface area contributed by atoms with Gasteiger partial charge in [0.05, 0.1) is 0 Å². The van der Waals surface area contributed by atoms with Crippen LogP contribution in [0.1, 0.15) is 45.4 Å². The van der Waals surface area contributed by atoms with Crippen molar-refractivity contribution in [1.82, 2.24) is 4.90 Å². The van der Waals surface area contributed by atoms with E-state index in [0.717, 1.165) is 6.42 Å². The molecule has 1 heterocycles. The molecule has 0 bridgehead atoms. The SMILES string of the molecule is CC(CCO)N1CCCCCCC1. The lowest BCUT2D eigenvalue weighted by molar-refractivity contribution is 0.156. The van der Waals surface area contributed by atoms with Crippen molar-refractivity contribution in [2.75, 3.05) is 19.7 Å². The van der Waals surface area contributed by atoms with Crippen LogP contribution in [0, 0.1) is 0 Å². The largest absolute Gasteiger partial charge is 0.396 e. The summed E-state index contributed by atoms with van der Waals surface area (Å²) < 4.78 is 0. The van der Waals surface area contributed by atoms with E-state index < -0.39 is 0 Å². The predicted octanol–water partition coefficient (Wildman–Crippen LogP) is 2.02. The molecule has 1 fully saturated rings. The van der Waals surface area contributed by atoms with Gasteiger partial charge in [0.15, 0.2) is 0 Å². The lowest BCUT2D eigenvalue weighted by Crippen LogP contribution is -2.36. The molecule has 2 nitrogen and oxygen atoms in total. The number of likely N-dealkylation sites (tertiary alicyclic amines) is 1. The fourth-order valence-electron chi connectivity index (χ4n) is 2.08. The van der Waals surface area contributed by atoms with Gasteiger partial charge in [-0.15, -0.1) is 0 Å². The molecule has 78 valence electrons. The Morgan fingerprint density at radius 2 is 1.62 bits per heavy atom. The summed E-state index contributed by atoms with van der Waals surface area (Å²) in [5.41, 5.74) is 0. The first kappa shape index (κ1) is 11.0. The third kappa shape index (κ3) is 4.10. The van der Waals surface area contributed by atoms with Crippen LogP contribution in [0.5, 0.6) is 0 Å². The van der Waals surface area contributed by atoms with E-state index in [1.165, 1.54) is 45.2 Å². The second kappa shape index (κ2) is 6.39. The summed E-state index contributed by atoms with van der Waals surface area (Å²) in [7, 11) is 0. The van der Waals surface area contributed by atoms with E-state index in [0.29, 0.717) is 12.6 Å². The average molecular weight is 185 g/mol. The van der Waals surface area contributed by atoms with Crippen LogP contribution in [0.3, 0.4) is 0 Å². The van der Waals surface area contributed by atoms with Gasteiger partial charge in [-0.05, 0) is 39.3 Å². The van der Waals surface area contributed by atoms with Crippen LogP contribution in [-0.4, -0.2) is 35.7 Å². The number of rotatable bonds is 3. The normalized spacial score (nSPS) is 23.5. The van der Waals surface area contributed by atoms with Crippen LogP contribution >= 0.6 is 0 Å². The van der Waals surface area contributed by atoms with Gasteiger partial charge in [-0.25, -0.2) is 0 Å². The van der Waals surface area contributed by atoms with E-state index in [9.17, 15) is 0 Å². The van der Waals surface area contributed by atoms with Crippen molar-refractivity contribution in [3.05, 3.63) is 0 Å². The van der Waals surface area contributed by atoms with Crippen molar-refractivity contribution in [3.63, 3.8) is 0 Å². The van der Waals surface area contributed by atoms with Gasteiger partial charge in [0, 0.05) is 12.6 Å². The molecule has 0 aromatic heterocycles. The average Bonchev–Trinajstić information content (AvgIpc) is 2.03. The van der Waals surface area contributed by atoms with Crippen molar-refractivity contribution in [1.29, 1.82) is 0 Å². The fraction of sp³-hybridized carbons (Fsp3) is 1.00. The molecule has 1 atom stereocenters. The Hall–Kier alpha value is -0.0800. The molecule has 0 radical (unpaired) electrons. The van der Waals surface area contributed by atoms with Gasteiger partial charge in [-0.2, -0.15) is 0 Å². The maximum Gasteiger partial charge on any atom is 0.0445 e. The first-order chi connectivity index (χ1) is 6.34. The van der Waals surface area contributed by atoms with Gasteiger partial charge in [-0.1, -0.05) is 19.3 Å². The Kier molecular flexibility index (Phi) is 5.40. The van der Waals surface area contributed by atoms with Gasteiger partial charge in [0.2, 0.25) is 0 Å². The zero-order valence-corrected chi connectivity index (χ0v) is 8.84. The lowest BCUT2D eigenvalue weighted by atomic mass is 10.1. The van der Waals surface area contributed by atoms with Crippen molar-refractivity contribution >= 4 is 0 Å². The zero-order chi connectivity index (χ0) is 9.52. The van der Waals surface area contributed by atoms with E-state index in [4.69, 9.17) is 5.11 Å². The fourth-order valence-corrected chi connectivity index (χ4v) is 2.08. The van der Waals surface area contributed by atoms with Gasteiger partial charge < -0.3 is 10.0 Å². The van der Waals surface area contributed by atoms with Crippen LogP contribution in [0.15, 0.2) is 0 Å². The lowest BCUT2D eigenvalue weighted by Gasteiger charge is -2.30. The maximum atomic E-state index is 8.87. The highest BCUT2D eigenvalue weighted by atomic mass is 16.3. The van der Waals surface area contributed by atoms with Crippen molar-refractivity contribution < 1.29 is 5.11 Å². The Labute approximate surface area is 81.9 Å². The third-order valence-electron chi connectivity index (χ3n) is 3.06. The van der Waals surface area contributed by atoms with E-state index in [1.54, 1.807) is 0 Å². The number of hydrogen-bond donors (Lipinski definition) is 1. The summed E-state index contributed by atoms with van der Waals surface area (Å²) in [4.78, 5) is 2.54. The van der Waals surface area contributed by atoms with E-state index in [-0.39, 0.29) is 0 Å². The monoisotopic (exact) mass is 185 g/mol. The van der Waals surface area contributed by atoms with Gasteiger partial charge >= 0.3 is 0 Å². The highest BCUT2D eigenvalue weighted by Gasteiger charge is 2.13. The van der Waals surface area contributed by atoms with Crippen LogP contribution < -0.4 is 0 Å². The Morgan fingerprint density at radius 3 is 2.15 bits per heavy atom. The second-order valence-corrected chi connectivity index (χ2v) is 4.17. The molecule has 1 saturated heterocycles. The molecule has 2 heteroatoms. The summed E-state index contributed by atoms with van der Waals surface area (Å²) in [6.07, 6.45) is 7.82. The van der Waals surface area contributed by atoms with Crippen LogP contribution in [0.25, 0.3) is 0 Å². The molecule has 0 aliphatic carbocycles. The van der Waals surface area contributed by atoms with Gasteiger partial charge in [0.1, 0.15) is 0 Å². The maximum absolute atomic E-state index is 8.87. The highest BCUT2D eigenvalue weighted by Crippen LogP contribution is 2.13. The topological polar surface area (TPSA) is 23.5 Å². The summed E-state index contributed by atoms with van der Waals surface area (Å²) in [6, 6.07) is 0.572. The molecule has 1 N–H and O–H groups in total. The van der Waals surface area contributed by atoms with Crippen LogP contribution in [0.4, 0.5) is 0 Å². The Bertz CT molecular complexity index is 119. The molecule has 1 aliphatic rings. The van der Waals surface area contributed by atoms with E-state index in [1.807, 2.05) is 0 Å². The van der Waals surface area contributed by atoms with Crippen LogP contribution in [0.2, 0.25) is 0 Å². The van der Waals surface area contributed by atoms with Crippen molar-refractivity contribution in [2.45, 2.75) is 51.5 Å². The molecule has 0 amide bonds. The molecular weight excluding hydrogens is 162 g/mol. The number of aliphatic hydroxyl groups is 1. The molecular formula is C11H23NO. The molecule has 0 saturated carbocycles. The van der Waals surface area contributed by atoms with Gasteiger partial charge in [0.25, 0.3) is 0 Å². The molecule has 1 unspecified atom stereocenters. The first-order valence-electron chi connectivity index (χ1n) is 5.69. The Morgan fingerprint density at radius 1 is 1.08 bits per heavy atom. The molecule has 0 aromatic carbocycles. The van der Waals surface area contributed by atoms with Crippen molar-refractivity contribution in [3.8, 4) is 0 Å². The predicted molar refractivity (Wildman–Crippen MR) is 55.8 cm³/mol. The van der Waals surface area contributed by atoms with E-state index in [2.05, 4.69) is 11.8 Å². The third-order valence-corrected chi connectivity index (χ3v) is 3.06. The van der Waals surface area contributed by atoms with E-state index >= 15 is 0 Å². The minimum Gasteiger partial charge on any atom is -0.396 e. The minimum absolute atomic E-state index is 0.331. The highest BCUT2D eigenvalue weighted by molar-refractivity contribution is 4.69. The molecule has 0 spiro atoms. The zero-order valence-electron chi connectivity index (χ0n) is 8.84. The molecule has 1 aliphatic heterocycles. The molecule has 1 rings (SSSR count). The standard InChI is InChI=1S/C11H23NO/c1-11(7-10-13)12-8-5-3-2-4-6-9-12/h11,13H,2-10H2,1H3. The Balaban J connectivity index is 2.27. The summed E-state index contributed by atoms with van der Waals surface area (Å²) in [5, 5.41) is 8.87. The second-order valence-electron chi connectivity index (χ2n) is 4.17. The number of nitrogens with zero attached hydrogens (tertiary/aromatic N) is 1. The van der Waals surface area contributed by atoms with Crippen LogP contribution in [-0.2, 0) is 0 Å². The van der Waals surface area contributed by atoms with Gasteiger partial charge in [-0.3, -0.25) is 0 Å². The summed E-state index contributed by atoms with van der Waals surface area (Å²) in [6.45, 7) is 5.04. The number of hydrogen-bond acceptors (Lipinski definition) is 2. The first-order valence-corrected chi connectivity index (χ1v) is 5.69. The molecule has 13 heavy (non-hydrogen) atoms. The molecule has 0 aromatic rings. The summed E-state index contributed by atoms with van der Waals surface area (Å²) >= 11 is 0.